The van der Waals surface area contributed by atoms with Crippen molar-refractivity contribution in [2.75, 3.05) is 0 Å². The molecule has 0 spiro atoms. The molecule has 4 nitrogen and oxygen atoms in total. The van der Waals surface area contributed by atoms with Crippen molar-refractivity contribution in [3.63, 3.8) is 0 Å². The van der Waals surface area contributed by atoms with Crippen molar-refractivity contribution < 1.29 is 0 Å². The molecule has 0 fully saturated rings. The Morgan fingerprint density at radius 1 is 1.67 bits per heavy atom. The van der Waals surface area contributed by atoms with Gasteiger partial charge in [0, 0.05) is 6.20 Å². The number of aromatic amines is 1. The van der Waals surface area contributed by atoms with E-state index in [4.69, 9.17) is 11.6 Å². The molecule has 0 amide bonds. The van der Waals surface area contributed by atoms with Gasteiger partial charge in [-0.2, -0.15) is 5.10 Å². The first-order valence-corrected chi connectivity index (χ1v) is 5.27. The normalized spacial score (nSPS) is 13.3. The fourth-order valence-electron chi connectivity index (χ4n) is 1.51. The molecule has 2 aromatic rings. The largest absolute Gasteiger partial charge is 0.345 e. The van der Waals surface area contributed by atoms with E-state index >= 15 is 0 Å². The second-order valence-electron chi connectivity index (χ2n) is 3.57. The van der Waals surface area contributed by atoms with Gasteiger partial charge in [-0.1, -0.05) is 18.5 Å². The van der Waals surface area contributed by atoms with Gasteiger partial charge in [-0.15, -0.1) is 0 Å². The summed E-state index contributed by atoms with van der Waals surface area (Å²) in [6.45, 7) is 4.13. The Balaban J connectivity index is 2.72. The summed E-state index contributed by atoms with van der Waals surface area (Å²) in [4.78, 5) is 14.6. The van der Waals surface area contributed by atoms with Crippen molar-refractivity contribution in [3.05, 3.63) is 27.6 Å². The maximum atomic E-state index is 11.6. The average Bonchev–Trinajstić information content (AvgIpc) is 2.66. The molecule has 1 N–H and O–H groups in total. The predicted molar refractivity (Wildman–Crippen MR) is 60.4 cm³/mol. The van der Waals surface area contributed by atoms with Gasteiger partial charge in [-0.3, -0.25) is 4.79 Å². The van der Waals surface area contributed by atoms with Gasteiger partial charge in [0.25, 0.3) is 0 Å². The molecule has 2 rings (SSSR count). The molecule has 80 valence electrons. The smallest absolute Gasteiger partial charge is 0.211 e. The molecule has 15 heavy (non-hydrogen) atoms. The van der Waals surface area contributed by atoms with Gasteiger partial charge in [-0.25, -0.2) is 4.68 Å². The summed E-state index contributed by atoms with van der Waals surface area (Å²) < 4.78 is 1.81. The van der Waals surface area contributed by atoms with Crippen LogP contribution in [0.5, 0.6) is 0 Å². The molecule has 0 saturated carbocycles. The molecule has 2 heterocycles. The number of nitrogens with zero attached hydrogens (tertiary/aromatic N) is 2. The van der Waals surface area contributed by atoms with E-state index in [1.54, 1.807) is 6.20 Å². The Labute approximate surface area is 91.9 Å². The van der Waals surface area contributed by atoms with Crippen LogP contribution in [0.1, 0.15) is 26.3 Å². The second kappa shape index (κ2) is 3.70. The van der Waals surface area contributed by atoms with E-state index in [1.165, 1.54) is 6.20 Å². The zero-order valence-electron chi connectivity index (χ0n) is 8.62. The fourth-order valence-corrected chi connectivity index (χ4v) is 1.66. The highest BCUT2D eigenvalue weighted by molar-refractivity contribution is 6.30. The van der Waals surface area contributed by atoms with Crippen molar-refractivity contribution in [3.8, 4) is 0 Å². The highest BCUT2D eigenvalue weighted by Gasteiger charge is 2.11. The predicted octanol–water partition coefficient (Wildman–Crippen LogP) is 2.35. The average molecular weight is 226 g/mol. The molecule has 0 aliphatic carbocycles. The summed E-state index contributed by atoms with van der Waals surface area (Å²) in [5.74, 6) is 0. The standard InChI is InChI=1S/C10H12ClN3O/c1-3-6(2)14-10-7(4-13-14)9(15)8(11)5-12-10/h4-6H,3H2,1-2H3,(H,12,15). The molecule has 5 heteroatoms. The molecule has 1 atom stereocenters. The lowest BCUT2D eigenvalue weighted by atomic mass is 10.2. The quantitative estimate of drug-likeness (QED) is 0.853. The first-order valence-electron chi connectivity index (χ1n) is 4.89. The van der Waals surface area contributed by atoms with Crippen LogP contribution in [0.3, 0.4) is 0 Å². The minimum atomic E-state index is -0.167. The number of pyridine rings is 1. The van der Waals surface area contributed by atoms with Crippen LogP contribution in [0, 0.1) is 0 Å². The molecule has 0 aliphatic heterocycles. The van der Waals surface area contributed by atoms with Crippen molar-refractivity contribution in [1.29, 1.82) is 0 Å². The van der Waals surface area contributed by atoms with Crippen LogP contribution >= 0.6 is 11.6 Å². The first kappa shape index (κ1) is 10.2. The Morgan fingerprint density at radius 2 is 2.40 bits per heavy atom. The fraction of sp³-hybridized carbons (Fsp3) is 0.400. The third-order valence-corrected chi connectivity index (χ3v) is 2.88. The Bertz CT molecular complexity index is 543. The molecule has 1 unspecified atom stereocenters. The maximum absolute atomic E-state index is 11.6. The summed E-state index contributed by atoms with van der Waals surface area (Å²) in [6, 6.07) is 0.263. The Hall–Kier alpha value is -1.29. The van der Waals surface area contributed by atoms with Crippen LogP contribution < -0.4 is 5.43 Å². The van der Waals surface area contributed by atoms with E-state index in [9.17, 15) is 4.79 Å². The van der Waals surface area contributed by atoms with E-state index in [-0.39, 0.29) is 16.5 Å². The third kappa shape index (κ3) is 1.55. The zero-order chi connectivity index (χ0) is 11.0. The number of nitrogens with one attached hydrogen (secondary N) is 1. The molecule has 0 aromatic carbocycles. The molecule has 2 aromatic heterocycles. The lowest BCUT2D eigenvalue weighted by molar-refractivity contribution is 0.490. The first-order chi connectivity index (χ1) is 7.15. The number of H-pyrrole nitrogens is 1. The van der Waals surface area contributed by atoms with Gasteiger partial charge in [0.05, 0.1) is 17.6 Å². The van der Waals surface area contributed by atoms with E-state index in [0.29, 0.717) is 5.39 Å². The molecule has 0 saturated heterocycles. The van der Waals surface area contributed by atoms with Gasteiger partial charge in [0.1, 0.15) is 10.7 Å². The summed E-state index contributed by atoms with van der Waals surface area (Å²) >= 11 is 5.73. The summed E-state index contributed by atoms with van der Waals surface area (Å²) in [5.41, 5.74) is 0.568. The highest BCUT2D eigenvalue weighted by atomic mass is 35.5. The van der Waals surface area contributed by atoms with Crippen molar-refractivity contribution in [1.82, 2.24) is 14.8 Å². The lowest BCUT2D eigenvalue weighted by Gasteiger charge is -2.09. The molecule has 0 radical (unpaired) electrons. The van der Waals surface area contributed by atoms with Crippen LogP contribution in [0.2, 0.25) is 5.02 Å². The van der Waals surface area contributed by atoms with Crippen LogP contribution in [-0.4, -0.2) is 14.8 Å². The van der Waals surface area contributed by atoms with Crippen LogP contribution in [0.4, 0.5) is 0 Å². The second-order valence-corrected chi connectivity index (χ2v) is 3.98. The van der Waals surface area contributed by atoms with Gasteiger partial charge >= 0.3 is 0 Å². The van der Waals surface area contributed by atoms with Gasteiger partial charge in [0.2, 0.25) is 5.43 Å². The summed E-state index contributed by atoms with van der Waals surface area (Å²) in [5, 5.41) is 4.94. The lowest BCUT2D eigenvalue weighted by Crippen LogP contribution is -2.08. The van der Waals surface area contributed by atoms with Crippen LogP contribution in [-0.2, 0) is 0 Å². The Morgan fingerprint density at radius 3 is 3.07 bits per heavy atom. The van der Waals surface area contributed by atoms with Crippen LogP contribution in [0.25, 0.3) is 11.0 Å². The molecule has 0 aliphatic rings. The van der Waals surface area contributed by atoms with Gasteiger partial charge in [0.15, 0.2) is 0 Å². The SMILES string of the molecule is CCC(C)n1ncc2c(=O)c(Cl)c[nH]c21. The van der Waals surface area contributed by atoms with Crippen molar-refractivity contribution in [2.24, 2.45) is 0 Å². The third-order valence-electron chi connectivity index (χ3n) is 2.60. The number of halogens is 1. The van der Waals surface area contributed by atoms with Gasteiger partial charge < -0.3 is 4.98 Å². The molecular formula is C10H12ClN3O. The zero-order valence-corrected chi connectivity index (χ0v) is 9.38. The highest BCUT2D eigenvalue weighted by Crippen LogP contribution is 2.16. The van der Waals surface area contributed by atoms with Crippen molar-refractivity contribution in [2.45, 2.75) is 26.3 Å². The minimum absolute atomic E-state index is 0.167. The number of hydrogen-bond donors (Lipinski definition) is 1. The van der Waals surface area contributed by atoms with Crippen LogP contribution in [0.15, 0.2) is 17.2 Å². The number of hydrogen-bond acceptors (Lipinski definition) is 2. The Kier molecular flexibility index (Phi) is 2.52. The topological polar surface area (TPSA) is 50.7 Å². The van der Waals surface area contributed by atoms with Gasteiger partial charge in [-0.05, 0) is 13.3 Å². The summed E-state index contributed by atoms with van der Waals surface area (Å²) in [7, 11) is 0. The molecule has 0 bridgehead atoms. The number of rotatable bonds is 2. The summed E-state index contributed by atoms with van der Waals surface area (Å²) in [6.07, 6.45) is 4.03. The monoisotopic (exact) mass is 225 g/mol. The van der Waals surface area contributed by atoms with E-state index in [2.05, 4.69) is 23.9 Å². The van der Waals surface area contributed by atoms with Crippen molar-refractivity contribution >= 4 is 22.6 Å². The van der Waals surface area contributed by atoms with E-state index in [0.717, 1.165) is 12.1 Å². The maximum Gasteiger partial charge on any atom is 0.211 e. The molecular weight excluding hydrogens is 214 g/mol. The van der Waals surface area contributed by atoms with E-state index in [1.807, 2.05) is 4.68 Å². The number of fused-ring (bicyclic) bond motifs is 1. The minimum Gasteiger partial charge on any atom is -0.345 e. The number of aromatic nitrogens is 3. The van der Waals surface area contributed by atoms with E-state index < -0.39 is 0 Å².